The fraction of sp³-hybridized carbons (Fsp3) is 0.406. The number of aromatic nitrogens is 1. The lowest BCUT2D eigenvalue weighted by atomic mass is 10.1. The highest BCUT2D eigenvalue weighted by atomic mass is 35.5. The van der Waals surface area contributed by atoms with Gasteiger partial charge in [-0.25, -0.2) is 4.79 Å². The molecule has 4 amide bonds. The van der Waals surface area contributed by atoms with Gasteiger partial charge in [0.15, 0.2) is 0 Å². The number of primary amides is 1. The number of pyridine rings is 1. The summed E-state index contributed by atoms with van der Waals surface area (Å²) in [5.41, 5.74) is 12.7. The van der Waals surface area contributed by atoms with Crippen molar-refractivity contribution in [1.82, 2.24) is 15.6 Å². The van der Waals surface area contributed by atoms with Gasteiger partial charge in [-0.05, 0) is 62.3 Å². The summed E-state index contributed by atoms with van der Waals surface area (Å²) in [6.45, 7) is 4.52. The number of carbonyl (C=O) groups excluding carboxylic acids is 4. The molecule has 1 saturated carbocycles. The average molecular weight is 671 g/mol. The molecule has 1 aliphatic rings. The van der Waals surface area contributed by atoms with E-state index in [-0.39, 0.29) is 40.3 Å². The Bertz CT molecular complexity index is 1580. The number of thioether (sulfide) groups is 1. The molecule has 0 radical (unpaired) electrons. The third kappa shape index (κ3) is 10.2. The van der Waals surface area contributed by atoms with Crippen LogP contribution in [-0.4, -0.2) is 58.9 Å². The van der Waals surface area contributed by atoms with Gasteiger partial charge < -0.3 is 36.9 Å². The quantitative estimate of drug-likeness (QED) is 0.131. The molecule has 246 valence electrons. The zero-order valence-corrected chi connectivity index (χ0v) is 27.3. The van der Waals surface area contributed by atoms with E-state index in [1.807, 2.05) is 13.8 Å². The standard InChI is InChI=1S/C32H39ClN6O6S/c1-18(2)29(34)31(42)46-17-28(40)37-11-4-3-5-13-44-27-16-25-21(15-22(27)30(35)41)26(10-12-36-25)45-20-8-9-24(23(33)14-20)39-32(43)38-19-6-7-19/h8-10,12,14-16,18-19,29H,3-7,11,13,17,34H2,1-2H3,(H2,35,41)(H,37,40)(H2,38,39,43)/t29-/m0/s1. The van der Waals surface area contributed by atoms with Crippen LogP contribution in [0.3, 0.4) is 0 Å². The van der Waals surface area contributed by atoms with E-state index in [4.69, 9.17) is 32.5 Å². The van der Waals surface area contributed by atoms with Crippen LogP contribution in [0.25, 0.3) is 10.9 Å². The Morgan fingerprint density at radius 2 is 1.85 bits per heavy atom. The highest BCUT2D eigenvalue weighted by Crippen LogP contribution is 2.35. The predicted molar refractivity (Wildman–Crippen MR) is 180 cm³/mol. The van der Waals surface area contributed by atoms with E-state index in [1.54, 1.807) is 42.6 Å². The lowest BCUT2D eigenvalue weighted by Gasteiger charge is -2.14. The smallest absolute Gasteiger partial charge is 0.319 e. The number of carbonyl (C=O) groups is 4. The highest BCUT2D eigenvalue weighted by Gasteiger charge is 2.23. The molecule has 46 heavy (non-hydrogen) atoms. The van der Waals surface area contributed by atoms with Gasteiger partial charge in [-0.3, -0.25) is 19.4 Å². The SMILES string of the molecule is CC(C)[C@H](N)C(=O)SCC(=O)NCCCCCOc1cc2nccc(Oc3ccc(NC(=O)NC4CC4)c(Cl)c3)c2cc1C(N)=O. The van der Waals surface area contributed by atoms with E-state index in [0.717, 1.165) is 37.4 Å². The molecule has 1 fully saturated rings. The van der Waals surface area contributed by atoms with Gasteiger partial charge in [-0.2, -0.15) is 0 Å². The Kier molecular flexibility index (Phi) is 12.5. The molecule has 0 unspecified atom stereocenters. The largest absolute Gasteiger partial charge is 0.493 e. The zero-order valence-electron chi connectivity index (χ0n) is 25.8. The van der Waals surface area contributed by atoms with E-state index in [1.165, 1.54) is 0 Å². The van der Waals surface area contributed by atoms with Crippen LogP contribution in [0.4, 0.5) is 10.5 Å². The first kappa shape index (κ1) is 34.8. The molecule has 0 spiro atoms. The third-order valence-corrected chi connectivity index (χ3v) is 8.41. The van der Waals surface area contributed by atoms with E-state index < -0.39 is 11.9 Å². The molecular weight excluding hydrogens is 632 g/mol. The molecule has 0 saturated heterocycles. The second-order valence-corrected chi connectivity index (χ2v) is 12.7. The molecule has 4 rings (SSSR count). The van der Waals surface area contributed by atoms with Gasteiger partial charge in [0, 0.05) is 36.3 Å². The molecule has 0 aliphatic heterocycles. The number of nitrogens with zero attached hydrogens (tertiary/aromatic N) is 1. The fourth-order valence-electron chi connectivity index (χ4n) is 4.28. The molecule has 1 aromatic heterocycles. The second kappa shape index (κ2) is 16.5. The van der Waals surface area contributed by atoms with Crippen LogP contribution in [0, 0.1) is 5.92 Å². The van der Waals surface area contributed by atoms with Gasteiger partial charge in [0.1, 0.15) is 17.2 Å². The van der Waals surface area contributed by atoms with Gasteiger partial charge in [-0.1, -0.05) is 37.2 Å². The Morgan fingerprint density at radius 3 is 2.54 bits per heavy atom. The average Bonchev–Trinajstić information content (AvgIpc) is 3.83. The monoisotopic (exact) mass is 670 g/mol. The molecule has 7 N–H and O–H groups in total. The first-order chi connectivity index (χ1) is 22.0. The first-order valence-electron chi connectivity index (χ1n) is 15.1. The number of halogens is 1. The maximum Gasteiger partial charge on any atom is 0.319 e. The van der Waals surface area contributed by atoms with Crippen molar-refractivity contribution < 1.29 is 28.7 Å². The lowest BCUT2D eigenvalue weighted by molar-refractivity contribution is -0.119. The number of urea groups is 1. The normalized spacial score (nSPS) is 13.2. The first-order valence-corrected chi connectivity index (χ1v) is 16.5. The molecule has 0 bridgehead atoms. The number of nitrogens with two attached hydrogens (primary N) is 2. The Hall–Kier alpha value is -4.07. The van der Waals surface area contributed by atoms with E-state index in [2.05, 4.69) is 20.9 Å². The van der Waals surface area contributed by atoms with Crippen molar-refractivity contribution in [2.75, 3.05) is 24.2 Å². The number of hydrogen-bond donors (Lipinski definition) is 5. The fourth-order valence-corrected chi connectivity index (χ4v) is 5.34. The van der Waals surface area contributed by atoms with Crippen molar-refractivity contribution in [3.05, 3.63) is 53.2 Å². The van der Waals surface area contributed by atoms with Crippen molar-refractivity contribution in [3.63, 3.8) is 0 Å². The van der Waals surface area contributed by atoms with Crippen LogP contribution in [0.1, 0.15) is 56.3 Å². The van der Waals surface area contributed by atoms with Crippen LogP contribution < -0.4 is 36.9 Å². The van der Waals surface area contributed by atoms with Crippen molar-refractivity contribution >= 4 is 62.9 Å². The van der Waals surface area contributed by atoms with Crippen LogP contribution >= 0.6 is 23.4 Å². The maximum atomic E-state index is 12.3. The Balaban J connectivity index is 1.28. The van der Waals surface area contributed by atoms with Crippen LogP contribution in [-0.2, 0) is 9.59 Å². The molecular formula is C32H39ClN6O6S. The van der Waals surface area contributed by atoms with Crippen molar-refractivity contribution in [3.8, 4) is 17.2 Å². The van der Waals surface area contributed by atoms with Gasteiger partial charge in [0.2, 0.25) is 11.0 Å². The summed E-state index contributed by atoms with van der Waals surface area (Å²) in [6.07, 6.45) is 5.68. The van der Waals surface area contributed by atoms with Gasteiger partial charge in [-0.15, -0.1) is 0 Å². The number of amides is 4. The van der Waals surface area contributed by atoms with Crippen LogP contribution in [0.2, 0.25) is 5.02 Å². The number of hydrogen-bond acceptors (Lipinski definition) is 9. The minimum atomic E-state index is -0.664. The van der Waals surface area contributed by atoms with E-state index in [9.17, 15) is 19.2 Å². The van der Waals surface area contributed by atoms with Gasteiger partial charge in [0.25, 0.3) is 5.91 Å². The molecule has 14 heteroatoms. The summed E-state index contributed by atoms with van der Waals surface area (Å²) in [4.78, 5) is 52.8. The molecule has 1 aliphatic carbocycles. The molecule has 2 aromatic carbocycles. The number of rotatable bonds is 16. The summed E-state index contributed by atoms with van der Waals surface area (Å²) in [7, 11) is 0. The van der Waals surface area contributed by atoms with Crippen molar-refractivity contribution in [2.24, 2.45) is 17.4 Å². The van der Waals surface area contributed by atoms with Crippen molar-refractivity contribution in [1.29, 1.82) is 0 Å². The molecule has 1 heterocycles. The molecule has 3 aromatic rings. The second-order valence-electron chi connectivity index (χ2n) is 11.3. The summed E-state index contributed by atoms with van der Waals surface area (Å²) < 4.78 is 12.0. The zero-order chi connectivity index (χ0) is 33.2. The number of anilines is 1. The number of ether oxygens (including phenoxy) is 2. The predicted octanol–water partition coefficient (Wildman–Crippen LogP) is 4.97. The number of benzene rings is 2. The summed E-state index contributed by atoms with van der Waals surface area (Å²) in [5.74, 6) is 0.339. The maximum absolute atomic E-state index is 12.3. The minimum absolute atomic E-state index is 0.0212. The minimum Gasteiger partial charge on any atom is -0.493 e. The third-order valence-electron chi connectivity index (χ3n) is 7.13. The topological polar surface area (TPSA) is 188 Å². The number of fused-ring (bicyclic) bond motifs is 1. The molecule has 12 nitrogen and oxygen atoms in total. The van der Waals surface area contributed by atoms with E-state index in [0.29, 0.717) is 58.4 Å². The summed E-state index contributed by atoms with van der Waals surface area (Å²) in [5, 5.41) is 9.04. The van der Waals surface area contributed by atoms with Crippen LogP contribution in [0.15, 0.2) is 42.6 Å². The van der Waals surface area contributed by atoms with E-state index >= 15 is 0 Å². The van der Waals surface area contributed by atoms with Crippen molar-refractivity contribution in [2.45, 2.75) is 58.0 Å². The number of unbranched alkanes of at least 4 members (excludes halogenated alkanes) is 2. The van der Waals surface area contributed by atoms with Gasteiger partial charge in [0.05, 0.1) is 40.2 Å². The summed E-state index contributed by atoms with van der Waals surface area (Å²) in [6, 6.07) is 9.12. The molecule has 1 atom stereocenters. The Morgan fingerprint density at radius 1 is 1.07 bits per heavy atom. The Labute approximate surface area is 276 Å². The van der Waals surface area contributed by atoms with Gasteiger partial charge >= 0.3 is 6.03 Å². The summed E-state index contributed by atoms with van der Waals surface area (Å²) >= 11 is 7.33. The van der Waals surface area contributed by atoms with Crippen LogP contribution in [0.5, 0.6) is 17.2 Å². The number of nitrogens with one attached hydrogen (secondary N) is 3. The highest BCUT2D eigenvalue weighted by molar-refractivity contribution is 8.14. The lowest BCUT2D eigenvalue weighted by Crippen LogP contribution is -2.35.